The van der Waals surface area contributed by atoms with Crippen molar-refractivity contribution in [2.75, 3.05) is 5.88 Å². The van der Waals surface area contributed by atoms with E-state index in [4.69, 9.17) is 27.9 Å². The SMILES string of the molecule is ClCCC(Oc1cccc(Cl)c1)c1ccc(Br)cc1. The average molecular weight is 360 g/mol. The highest BCUT2D eigenvalue weighted by atomic mass is 79.9. The van der Waals surface area contributed by atoms with Gasteiger partial charge >= 0.3 is 0 Å². The normalized spacial score (nSPS) is 12.2. The van der Waals surface area contributed by atoms with Gasteiger partial charge in [0, 0.05) is 21.8 Å². The van der Waals surface area contributed by atoms with Gasteiger partial charge in [0.2, 0.25) is 0 Å². The van der Waals surface area contributed by atoms with Crippen LogP contribution in [0.4, 0.5) is 0 Å². The van der Waals surface area contributed by atoms with Crippen LogP contribution in [0.3, 0.4) is 0 Å². The molecular weight excluding hydrogens is 347 g/mol. The number of hydrogen-bond donors (Lipinski definition) is 0. The zero-order chi connectivity index (χ0) is 13.7. The molecule has 0 aliphatic rings. The van der Waals surface area contributed by atoms with E-state index in [1.807, 2.05) is 48.5 Å². The minimum absolute atomic E-state index is 0.0657. The zero-order valence-electron chi connectivity index (χ0n) is 10.2. The molecule has 0 aliphatic carbocycles. The van der Waals surface area contributed by atoms with Gasteiger partial charge in [-0.1, -0.05) is 45.7 Å². The Labute approximate surface area is 131 Å². The Bertz CT molecular complexity index is 528. The van der Waals surface area contributed by atoms with Gasteiger partial charge in [0.25, 0.3) is 0 Å². The van der Waals surface area contributed by atoms with E-state index in [2.05, 4.69) is 15.9 Å². The molecule has 0 amide bonds. The lowest BCUT2D eigenvalue weighted by Crippen LogP contribution is -2.08. The lowest BCUT2D eigenvalue weighted by molar-refractivity contribution is 0.202. The van der Waals surface area contributed by atoms with Gasteiger partial charge in [-0.05, 0) is 35.9 Å². The third-order valence-electron chi connectivity index (χ3n) is 2.69. The van der Waals surface area contributed by atoms with Crippen LogP contribution in [0.2, 0.25) is 5.02 Å². The van der Waals surface area contributed by atoms with E-state index in [0.717, 1.165) is 22.2 Å². The number of halogens is 3. The quantitative estimate of drug-likeness (QED) is 0.608. The topological polar surface area (TPSA) is 9.23 Å². The van der Waals surface area contributed by atoms with Crippen molar-refractivity contribution in [1.82, 2.24) is 0 Å². The maximum Gasteiger partial charge on any atom is 0.125 e. The first-order chi connectivity index (χ1) is 9.19. The summed E-state index contributed by atoms with van der Waals surface area (Å²) >= 11 is 15.2. The fraction of sp³-hybridized carbons (Fsp3) is 0.200. The molecule has 1 nitrogen and oxygen atoms in total. The molecule has 1 unspecified atom stereocenters. The monoisotopic (exact) mass is 358 g/mol. The number of alkyl halides is 1. The highest BCUT2D eigenvalue weighted by Gasteiger charge is 2.13. The molecule has 2 aromatic rings. The van der Waals surface area contributed by atoms with Gasteiger partial charge < -0.3 is 4.74 Å². The first-order valence-corrected chi connectivity index (χ1v) is 7.63. The molecule has 2 aromatic carbocycles. The van der Waals surface area contributed by atoms with Crippen LogP contribution < -0.4 is 4.74 Å². The molecule has 4 heteroatoms. The van der Waals surface area contributed by atoms with Crippen molar-refractivity contribution in [2.24, 2.45) is 0 Å². The minimum atomic E-state index is -0.0657. The number of rotatable bonds is 5. The Morgan fingerprint density at radius 3 is 2.47 bits per heavy atom. The average Bonchev–Trinajstić information content (AvgIpc) is 2.39. The Morgan fingerprint density at radius 2 is 1.84 bits per heavy atom. The smallest absolute Gasteiger partial charge is 0.125 e. The highest BCUT2D eigenvalue weighted by Crippen LogP contribution is 2.27. The van der Waals surface area contributed by atoms with Gasteiger partial charge in [0.1, 0.15) is 11.9 Å². The Kier molecular flexibility index (Phi) is 5.56. The van der Waals surface area contributed by atoms with Crippen LogP contribution in [-0.4, -0.2) is 5.88 Å². The molecule has 1 atom stereocenters. The number of hydrogen-bond acceptors (Lipinski definition) is 1. The maximum absolute atomic E-state index is 5.98. The molecule has 0 spiro atoms. The third-order valence-corrected chi connectivity index (χ3v) is 3.67. The Balaban J connectivity index is 2.18. The molecule has 0 saturated heterocycles. The van der Waals surface area contributed by atoms with E-state index in [1.165, 1.54) is 0 Å². The Morgan fingerprint density at radius 1 is 1.11 bits per heavy atom. The summed E-state index contributed by atoms with van der Waals surface area (Å²) in [7, 11) is 0. The summed E-state index contributed by atoms with van der Waals surface area (Å²) in [6, 6.07) is 15.5. The number of benzene rings is 2. The molecular formula is C15H13BrCl2O. The molecule has 19 heavy (non-hydrogen) atoms. The second kappa shape index (κ2) is 7.18. The largest absolute Gasteiger partial charge is 0.486 e. The summed E-state index contributed by atoms with van der Waals surface area (Å²) in [4.78, 5) is 0. The third kappa shape index (κ3) is 4.41. The van der Waals surface area contributed by atoms with Crippen LogP contribution in [0.5, 0.6) is 5.75 Å². The highest BCUT2D eigenvalue weighted by molar-refractivity contribution is 9.10. The lowest BCUT2D eigenvalue weighted by atomic mass is 10.1. The van der Waals surface area contributed by atoms with E-state index >= 15 is 0 Å². The molecule has 2 rings (SSSR count). The van der Waals surface area contributed by atoms with E-state index < -0.39 is 0 Å². The molecule has 0 heterocycles. The van der Waals surface area contributed by atoms with Gasteiger partial charge in [-0.2, -0.15) is 0 Å². The van der Waals surface area contributed by atoms with Gasteiger partial charge in [-0.15, -0.1) is 11.6 Å². The first kappa shape index (κ1) is 14.7. The second-order valence-corrected chi connectivity index (χ2v) is 5.82. The van der Waals surface area contributed by atoms with Crippen LogP contribution in [0.15, 0.2) is 53.0 Å². The van der Waals surface area contributed by atoms with Crippen molar-refractivity contribution in [3.8, 4) is 5.75 Å². The summed E-state index contributed by atoms with van der Waals surface area (Å²) in [5.74, 6) is 1.30. The Hall–Kier alpha value is -0.700. The first-order valence-electron chi connectivity index (χ1n) is 5.92. The fourth-order valence-electron chi connectivity index (χ4n) is 1.77. The predicted octanol–water partition coefficient (Wildman–Crippen LogP) is 5.85. The van der Waals surface area contributed by atoms with Crippen molar-refractivity contribution in [3.63, 3.8) is 0 Å². The second-order valence-electron chi connectivity index (χ2n) is 4.09. The zero-order valence-corrected chi connectivity index (χ0v) is 13.3. The molecule has 0 N–H and O–H groups in total. The summed E-state index contributed by atoms with van der Waals surface area (Å²) < 4.78 is 7.02. The lowest BCUT2D eigenvalue weighted by Gasteiger charge is -2.19. The van der Waals surface area contributed by atoms with Crippen molar-refractivity contribution < 1.29 is 4.74 Å². The van der Waals surface area contributed by atoms with E-state index in [1.54, 1.807) is 0 Å². The van der Waals surface area contributed by atoms with Gasteiger partial charge in [0.15, 0.2) is 0 Å². The molecule has 0 aromatic heterocycles. The van der Waals surface area contributed by atoms with Crippen molar-refractivity contribution in [2.45, 2.75) is 12.5 Å². The van der Waals surface area contributed by atoms with Crippen molar-refractivity contribution in [1.29, 1.82) is 0 Å². The molecule has 0 aliphatic heterocycles. The van der Waals surface area contributed by atoms with Crippen molar-refractivity contribution >= 4 is 39.1 Å². The summed E-state index contributed by atoms with van der Waals surface area (Å²) in [6.45, 7) is 0. The van der Waals surface area contributed by atoms with Crippen LogP contribution in [0, 0.1) is 0 Å². The van der Waals surface area contributed by atoms with Crippen LogP contribution in [0.1, 0.15) is 18.1 Å². The number of ether oxygens (including phenoxy) is 1. The fourth-order valence-corrected chi connectivity index (χ4v) is 2.42. The van der Waals surface area contributed by atoms with E-state index in [9.17, 15) is 0 Å². The summed E-state index contributed by atoms with van der Waals surface area (Å²) in [5.41, 5.74) is 1.10. The molecule has 0 saturated carbocycles. The summed E-state index contributed by atoms with van der Waals surface area (Å²) in [6.07, 6.45) is 0.680. The molecule has 100 valence electrons. The summed E-state index contributed by atoms with van der Waals surface area (Å²) in [5, 5.41) is 0.665. The minimum Gasteiger partial charge on any atom is -0.486 e. The van der Waals surface area contributed by atoms with Gasteiger partial charge in [-0.25, -0.2) is 0 Å². The molecule has 0 radical (unpaired) electrons. The van der Waals surface area contributed by atoms with E-state index in [0.29, 0.717) is 10.9 Å². The standard InChI is InChI=1S/C15H13BrCl2O/c16-12-6-4-11(5-7-12)15(8-9-17)19-14-3-1-2-13(18)10-14/h1-7,10,15H,8-9H2. The maximum atomic E-state index is 5.98. The molecule has 0 bridgehead atoms. The van der Waals surface area contributed by atoms with Crippen LogP contribution in [-0.2, 0) is 0 Å². The van der Waals surface area contributed by atoms with Crippen LogP contribution in [0.25, 0.3) is 0 Å². The molecule has 0 fully saturated rings. The van der Waals surface area contributed by atoms with Gasteiger partial charge in [-0.3, -0.25) is 0 Å². The predicted molar refractivity (Wildman–Crippen MR) is 84.3 cm³/mol. The van der Waals surface area contributed by atoms with E-state index in [-0.39, 0.29) is 6.10 Å². The van der Waals surface area contributed by atoms with Crippen LogP contribution >= 0.6 is 39.1 Å². The van der Waals surface area contributed by atoms with Gasteiger partial charge in [0.05, 0.1) is 0 Å². The van der Waals surface area contributed by atoms with Crippen molar-refractivity contribution in [3.05, 3.63) is 63.6 Å².